The van der Waals surface area contributed by atoms with Crippen molar-refractivity contribution in [2.75, 3.05) is 19.8 Å². The van der Waals surface area contributed by atoms with Crippen molar-refractivity contribution in [3.05, 3.63) is 0 Å². The molecule has 9 nitrogen and oxygen atoms in total. The van der Waals surface area contributed by atoms with Crippen LogP contribution in [0, 0.1) is 0 Å². The fourth-order valence-corrected chi connectivity index (χ4v) is 8.16. The molecule has 1 heterocycles. The van der Waals surface area contributed by atoms with Crippen molar-refractivity contribution in [1.82, 2.24) is 5.32 Å². The summed E-state index contributed by atoms with van der Waals surface area (Å²) >= 11 is 0. The van der Waals surface area contributed by atoms with E-state index in [9.17, 15) is 30.3 Å². The van der Waals surface area contributed by atoms with Gasteiger partial charge in [0.25, 0.3) is 0 Å². The van der Waals surface area contributed by atoms with Gasteiger partial charge in [0.2, 0.25) is 5.91 Å². The van der Waals surface area contributed by atoms with Gasteiger partial charge in [0.15, 0.2) is 6.29 Å². The Morgan fingerprint density at radius 1 is 0.518 bits per heavy atom. The standard InChI is InChI=1S/C47H93NO8/c1-3-5-7-9-11-13-15-17-18-19-20-21-22-23-24-25-26-28-30-32-34-36-42(51)48-47(39-50,37-35-33-31-29-27-16-14-12-10-8-6-4-2)40-55-46-45(54)44(53)43(52)41(38-49)56-46/h41,43-46,49-50,52-54H,3-40H2,1-2H3,(H,48,51)/t41-,43-,44+,45+,46+,47?/m1/s1. The van der Waals surface area contributed by atoms with Crippen molar-refractivity contribution >= 4 is 5.91 Å². The third-order valence-electron chi connectivity index (χ3n) is 12.1. The molecule has 1 unspecified atom stereocenters. The van der Waals surface area contributed by atoms with E-state index < -0.39 is 42.9 Å². The number of carbonyl (C=O) groups is 1. The SMILES string of the molecule is CCCCCCCCCCCCCCCCCCCCCCCC(=O)NC(CO)(CCCCCCCCCCCCCC)CO[C@H]1O[C@H](CO)[C@@H](O)[C@H](O)[C@@H]1O. The van der Waals surface area contributed by atoms with E-state index >= 15 is 0 Å². The van der Waals surface area contributed by atoms with Gasteiger partial charge in [0, 0.05) is 6.42 Å². The summed E-state index contributed by atoms with van der Waals surface area (Å²) in [4.78, 5) is 13.2. The van der Waals surface area contributed by atoms with Gasteiger partial charge in [-0.25, -0.2) is 0 Å². The lowest BCUT2D eigenvalue weighted by molar-refractivity contribution is -0.304. The topological polar surface area (TPSA) is 149 Å². The molecule has 1 aliphatic heterocycles. The first-order chi connectivity index (χ1) is 27.3. The van der Waals surface area contributed by atoms with Gasteiger partial charge in [-0.1, -0.05) is 219 Å². The molecule has 334 valence electrons. The maximum atomic E-state index is 13.2. The van der Waals surface area contributed by atoms with Crippen LogP contribution in [0.25, 0.3) is 0 Å². The Bertz CT molecular complexity index is 862. The van der Waals surface area contributed by atoms with E-state index in [1.54, 1.807) is 0 Å². The molecule has 0 saturated carbocycles. The summed E-state index contributed by atoms with van der Waals surface area (Å²) in [5.41, 5.74) is -1.07. The van der Waals surface area contributed by atoms with Crippen molar-refractivity contribution in [3.8, 4) is 0 Å². The summed E-state index contributed by atoms with van der Waals surface area (Å²) in [5.74, 6) is -0.131. The number of ether oxygens (including phenoxy) is 2. The van der Waals surface area contributed by atoms with E-state index in [0.717, 1.165) is 38.5 Å². The zero-order valence-electron chi connectivity index (χ0n) is 36.7. The van der Waals surface area contributed by atoms with Crippen LogP contribution < -0.4 is 5.32 Å². The highest BCUT2D eigenvalue weighted by Crippen LogP contribution is 2.25. The fraction of sp³-hybridized carbons (Fsp3) is 0.979. The molecule has 1 aliphatic rings. The molecule has 0 spiro atoms. The van der Waals surface area contributed by atoms with Gasteiger partial charge in [-0.15, -0.1) is 0 Å². The van der Waals surface area contributed by atoms with Gasteiger partial charge in [-0.2, -0.15) is 0 Å². The van der Waals surface area contributed by atoms with Crippen molar-refractivity contribution in [2.45, 2.75) is 275 Å². The highest BCUT2D eigenvalue weighted by Gasteiger charge is 2.45. The zero-order chi connectivity index (χ0) is 41.0. The van der Waals surface area contributed by atoms with Crippen LogP contribution in [0.1, 0.15) is 239 Å². The molecule has 1 fully saturated rings. The van der Waals surface area contributed by atoms with Crippen molar-refractivity contribution in [1.29, 1.82) is 0 Å². The van der Waals surface area contributed by atoms with Gasteiger partial charge in [0.05, 0.1) is 25.4 Å². The number of hydrogen-bond donors (Lipinski definition) is 6. The predicted molar refractivity (Wildman–Crippen MR) is 231 cm³/mol. The van der Waals surface area contributed by atoms with E-state index in [-0.39, 0.29) is 19.1 Å². The minimum atomic E-state index is -1.55. The molecular weight excluding hydrogens is 707 g/mol. The molecule has 1 rings (SSSR count). The average Bonchev–Trinajstić information content (AvgIpc) is 3.20. The van der Waals surface area contributed by atoms with Crippen LogP contribution in [-0.4, -0.2) is 87.5 Å². The van der Waals surface area contributed by atoms with Crippen LogP contribution in [0.5, 0.6) is 0 Å². The first kappa shape index (κ1) is 53.2. The van der Waals surface area contributed by atoms with E-state index in [2.05, 4.69) is 19.2 Å². The Labute approximate surface area is 344 Å². The number of nitrogens with one attached hydrogen (secondary N) is 1. The smallest absolute Gasteiger partial charge is 0.220 e. The monoisotopic (exact) mass is 800 g/mol. The number of hydrogen-bond acceptors (Lipinski definition) is 8. The molecular formula is C47H93NO8. The quantitative estimate of drug-likeness (QED) is 0.0335. The Kier molecular flexibility index (Phi) is 35.4. The normalized spacial score (nSPS) is 21.0. The van der Waals surface area contributed by atoms with E-state index in [0.29, 0.717) is 12.8 Å². The van der Waals surface area contributed by atoms with E-state index in [1.807, 2.05) is 0 Å². The molecule has 56 heavy (non-hydrogen) atoms. The molecule has 1 saturated heterocycles. The third kappa shape index (κ3) is 27.0. The second-order valence-corrected chi connectivity index (χ2v) is 17.5. The van der Waals surface area contributed by atoms with Crippen LogP contribution in [0.2, 0.25) is 0 Å². The van der Waals surface area contributed by atoms with Gasteiger partial charge in [-0.05, 0) is 12.8 Å². The molecule has 1 amide bonds. The van der Waals surface area contributed by atoms with Crippen LogP contribution in [0.3, 0.4) is 0 Å². The summed E-state index contributed by atoms with van der Waals surface area (Å²) in [6.07, 6.45) is 36.0. The summed E-state index contributed by atoms with van der Waals surface area (Å²) in [6, 6.07) is 0. The fourth-order valence-electron chi connectivity index (χ4n) is 8.16. The van der Waals surface area contributed by atoms with Gasteiger partial charge in [0.1, 0.15) is 24.4 Å². The van der Waals surface area contributed by atoms with Crippen molar-refractivity contribution < 1.29 is 39.8 Å². The average molecular weight is 800 g/mol. The highest BCUT2D eigenvalue weighted by atomic mass is 16.7. The molecule has 9 heteroatoms. The number of amides is 1. The lowest BCUT2D eigenvalue weighted by Crippen LogP contribution is -2.61. The number of rotatable bonds is 41. The minimum absolute atomic E-state index is 0.130. The lowest BCUT2D eigenvalue weighted by atomic mass is 9.92. The van der Waals surface area contributed by atoms with Crippen LogP contribution in [0.4, 0.5) is 0 Å². The third-order valence-corrected chi connectivity index (χ3v) is 12.1. The first-order valence-electron chi connectivity index (χ1n) is 24.2. The predicted octanol–water partition coefficient (Wildman–Crippen LogP) is 10.3. The number of unbranched alkanes of at least 4 members (excludes halogenated alkanes) is 31. The molecule has 0 aliphatic carbocycles. The van der Waals surface area contributed by atoms with Gasteiger partial charge >= 0.3 is 0 Å². The van der Waals surface area contributed by atoms with Gasteiger partial charge in [-0.3, -0.25) is 4.79 Å². The highest BCUT2D eigenvalue weighted by molar-refractivity contribution is 5.76. The minimum Gasteiger partial charge on any atom is -0.394 e. The van der Waals surface area contributed by atoms with Crippen molar-refractivity contribution in [3.63, 3.8) is 0 Å². The maximum absolute atomic E-state index is 13.2. The summed E-state index contributed by atoms with van der Waals surface area (Å²) < 4.78 is 11.4. The molecule has 6 atom stereocenters. The molecule has 0 aromatic heterocycles. The summed E-state index contributed by atoms with van der Waals surface area (Å²) in [6.45, 7) is 3.51. The molecule has 0 bridgehead atoms. The number of aliphatic hydroxyl groups excluding tert-OH is 5. The summed E-state index contributed by atoms with van der Waals surface area (Å²) in [5, 5.41) is 54.2. The number of aliphatic hydroxyl groups is 5. The molecule has 0 aromatic carbocycles. The summed E-state index contributed by atoms with van der Waals surface area (Å²) in [7, 11) is 0. The van der Waals surface area contributed by atoms with Crippen LogP contribution >= 0.6 is 0 Å². The second kappa shape index (κ2) is 37.2. The van der Waals surface area contributed by atoms with E-state index in [4.69, 9.17) is 9.47 Å². The largest absolute Gasteiger partial charge is 0.394 e. The Hall–Kier alpha value is -0.810. The molecule has 0 radical (unpaired) electrons. The van der Waals surface area contributed by atoms with Gasteiger partial charge < -0.3 is 40.3 Å². The van der Waals surface area contributed by atoms with Crippen LogP contribution in [0.15, 0.2) is 0 Å². The van der Waals surface area contributed by atoms with E-state index in [1.165, 1.54) is 173 Å². The maximum Gasteiger partial charge on any atom is 0.220 e. The second-order valence-electron chi connectivity index (χ2n) is 17.5. The molecule has 6 N–H and O–H groups in total. The first-order valence-corrected chi connectivity index (χ1v) is 24.2. The van der Waals surface area contributed by atoms with Crippen molar-refractivity contribution in [2.24, 2.45) is 0 Å². The Morgan fingerprint density at radius 3 is 1.23 bits per heavy atom. The lowest BCUT2D eigenvalue weighted by Gasteiger charge is -2.41. The Balaban J connectivity index is 2.30. The zero-order valence-corrected chi connectivity index (χ0v) is 36.7. The molecule has 0 aromatic rings. The number of carbonyl (C=O) groups excluding carboxylic acids is 1. The Morgan fingerprint density at radius 2 is 0.875 bits per heavy atom. The van der Waals surface area contributed by atoms with Crippen LogP contribution in [-0.2, 0) is 14.3 Å².